The van der Waals surface area contributed by atoms with E-state index in [1.54, 1.807) is 0 Å². The minimum atomic E-state index is 0.479. The Bertz CT molecular complexity index is 398. The van der Waals surface area contributed by atoms with Gasteiger partial charge in [-0.15, -0.1) is 0 Å². The summed E-state index contributed by atoms with van der Waals surface area (Å²) in [5.74, 6) is 2.84. The van der Waals surface area contributed by atoms with E-state index in [0.717, 1.165) is 17.8 Å². The molecule has 0 bridgehead atoms. The minimum Gasteiger partial charge on any atom is -0.0617 e. The van der Waals surface area contributed by atoms with Crippen LogP contribution in [0.15, 0.2) is 0 Å². The molecule has 0 heteroatoms. The topological polar surface area (TPSA) is 0 Å². The van der Waals surface area contributed by atoms with Crippen LogP contribution in [0, 0.1) is 44.8 Å². The predicted molar refractivity (Wildman–Crippen MR) is 73.7 cm³/mol. The largest absolute Gasteiger partial charge is 0.0617 e. The molecule has 0 aromatic rings. The Morgan fingerprint density at radius 3 is 1.59 bits per heavy atom. The molecule has 0 spiro atoms. The van der Waals surface area contributed by atoms with Crippen molar-refractivity contribution in [2.24, 2.45) is 44.8 Å². The van der Waals surface area contributed by atoms with Gasteiger partial charge in [0, 0.05) is 0 Å². The highest BCUT2D eigenvalue weighted by atomic mass is 15.0. The second kappa shape index (κ2) is 2.37. The van der Waals surface area contributed by atoms with Gasteiger partial charge in [0.1, 0.15) is 0 Å². The highest BCUT2D eigenvalue weighted by molar-refractivity contribution is 5.39. The van der Waals surface area contributed by atoms with Crippen LogP contribution in [0.4, 0.5) is 0 Å². The summed E-state index contributed by atoms with van der Waals surface area (Å²) in [5, 5.41) is 0. The second-order valence-electron chi connectivity index (χ2n) is 9.27. The van der Waals surface area contributed by atoms with Crippen LogP contribution < -0.4 is 0 Å². The van der Waals surface area contributed by atoms with Gasteiger partial charge in [0.25, 0.3) is 0 Å². The van der Waals surface area contributed by atoms with Gasteiger partial charge in [-0.3, -0.25) is 0 Å². The predicted octanol–water partition coefficient (Wildman–Crippen LogP) is 4.99. The van der Waals surface area contributed by atoms with Gasteiger partial charge in [0.15, 0.2) is 0 Å². The van der Waals surface area contributed by atoms with Crippen LogP contribution >= 0.6 is 0 Å². The molecule has 5 atom stereocenters. The zero-order chi connectivity index (χ0) is 13.2. The third kappa shape index (κ3) is 0.678. The van der Waals surface area contributed by atoms with Crippen LogP contribution in [0.3, 0.4) is 0 Å². The molecule has 0 aromatic carbocycles. The van der Waals surface area contributed by atoms with Crippen LogP contribution in [-0.4, -0.2) is 0 Å². The highest BCUT2D eigenvalue weighted by Gasteiger charge is 2.92. The first-order valence-corrected chi connectivity index (χ1v) is 7.40. The normalized spacial score (nSPS) is 60.2. The van der Waals surface area contributed by atoms with Crippen LogP contribution in [0.1, 0.15) is 62.3 Å². The van der Waals surface area contributed by atoms with Crippen LogP contribution in [0.2, 0.25) is 0 Å². The maximum absolute atomic E-state index is 2.59. The van der Waals surface area contributed by atoms with Crippen molar-refractivity contribution in [2.75, 3.05) is 0 Å². The van der Waals surface area contributed by atoms with Crippen molar-refractivity contribution in [3.63, 3.8) is 0 Å². The molecular formula is C17H30. The van der Waals surface area contributed by atoms with Crippen molar-refractivity contribution in [2.45, 2.75) is 62.3 Å². The Hall–Kier alpha value is 0. The van der Waals surface area contributed by atoms with Gasteiger partial charge in [-0.25, -0.2) is 0 Å². The fraction of sp³-hybridized carbons (Fsp3) is 1.00. The fourth-order valence-electron chi connectivity index (χ4n) is 7.17. The van der Waals surface area contributed by atoms with Gasteiger partial charge in [0.2, 0.25) is 0 Å². The first-order chi connectivity index (χ1) is 7.40. The van der Waals surface area contributed by atoms with Crippen molar-refractivity contribution >= 4 is 0 Å². The molecule has 0 nitrogen and oxygen atoms in total. The molecule has 98 valence electrons. The van der Waals surface area contributed by atoms with Crippen molar-refractivity contribution < 1.29 is 0 Å². The van der Waals surface area contributed by atoms with Gasteiger partial charge in [-0.05, 0) is 44.8 Å². The lowest BCUT2D eigenvalue weighted by Gasteiger charge is -2.96. The quantitative estimate of drug-likeness (QED) is 0.554. The summed E-state index contributed by atoms with van der Waals surface area (Å²) in [6.07, 6.45) is 0. The molecule has 3 saturated carbocycles. The third-order valence-corrected chi connectivity index (χ3v) is 9.43. The maximum atomic E-state index is 2.59. The monoisotopic (exact) mass is 234 g/mol. The summed E-state index contributed by atoms with van der Waals surface area (Å²) in [6.45, 7) is 22.8. The summed E-state index contributed by atoms with van der Waals surface area (Å²) in [4.78, 5) is 0. The molecule has 0 N–H and O–H groups in total. The summed E-state index contributed by atoms with van der Waals surface area (Å²) < 4.78 is 0. The summed E-state index contributed by atoms with van der Waals surface area (Å²) >= 11 is 0. The molecule has 0 aliphatic heterocycles. The van der Waals surface area contributed by atoms with Crippen LogP contribution in [0.25, 0.3) is 0 Å². The summed E-state index contributed by atoms with van der Waals surface area (Å²) in [6, 6.07) is 0. The second-order valence-corrected chi connectivity index (χ2v) is 9.27. The van der Waals surface area contributed by atoms with Crippen LogP contribution in [-0.2, 0) is 0 Å². The van der Waals surface area contributed by atoms with Crippen LogP contribution in [0.5, 0.6) is 0 Å². The lowest BCUT2D eigenvalue weighted by molar-refractivity contribution is -0.494. The number of hydrogen-bond acceptors (Lipinski definition) is 0. The maximum Gasteiger partial charge on any atom is -0.0171 e. The average Bonchev–Trinajstić information content (AvgIpc) is 2.20. The summed E-state index contributed by atoms with van der Waals surface area (Å²) in [5.41, 5.74) is 2.66. The van der Waals surface area contributed by atoms with E-state index in [-0.39, 0.29) is 0 Å². The average molecular weight is 234 g/mol. The smallest absolute Gasteiger partial charge is 0.0171 e. The Morgan fingerprint density at radius 1 is 0.647 bits per heavy atom. The van der Waals surface area contributed by atoms with E-state index in [1.807, 2.05) is 0 Å². The number of rotatable bonds is 0. The van der Waals surface area contributed by atoms with Gasteiger partial charge in [-0.2, -0.15) is 0 Å². The first-order valence-electron chi connectivity index (χ1n) is 7.40. The zero-order valence-corrected chi connectivity index (χ0v) is 13.2. The molecule has 3 aliphatic carbocycles. The van der Waals surface area contributed by atoms with Gasteiger partial charge in [-0.1, -0.05) is 62.3 Å². The van der Waals surface area contributed by atoms with E-state index in [2.05, 4.69) is 62.3 Å². The Morgan fingerprint density at radius 2 is 1.12 bits per heavy atom. The van der Waals surface area contributed by atoms with Crippen molar-refractivity contribution in [1.29, 1.82) is 0 Å². The summed E-state index contributed by atoms with van der Waals surface area (Å²) in [7, 11) is 0. The first kappa shape index (κ1) is 12.1. The van der Waals surface area contributed by atoms with E-state index < -0.39 is 0 Å². The molecule has 5 unspecified atom stereocenters. The van der Waals surface area contributed by atoms with Gasteiger partial charge in [0.05, 0.1) is 0 Å². The third-order valence-electron chi connectivity index (χ3n) is 9.43. The Labute approximate surface area is 108 Å². The molecule has 3 aliphatic rings. The van der Waals surface area contributed by atoms with Crippen molar-refractivity contribution in [1.82, 2.24) is 0 Å². The Balaban J connectivity index is 2.11. The van der Waals surface area contributed by atoms with Gasteiger partial charge >= 0.3 is 0 Å². The van der Waals surface area contributed by atoms with E-state index in [9.17, 15) is 0 Å². The standard InChI is InChI=1S/C17H30/c1-10-11-12-14(4,5)15(6,7)17(12,9)16(11,8)13(10,2)3/h10-12H,1-9H3. The van der Waals surface area contributed by atoms with Gasteiger partial charge < -0.3 is 0 Å². The highest BCUT2D eigenvalue weighted by Crippen LogP contribution is 2.96. The molecule has 3 rings (SSSR count). The molecule has 0 heterocycles. The number of hydrogen-bond donors (Lipinski definition) is 0. The molecular weight excluding hydrogens is 204 g/mol. The molecule has 0 radical (unpaired) electrons. The fourth-order valence-corrected chi connectivity index (χ4v) is 7.17. The van der Waals surface area contributed by atoms with E-state index in [4.69, 9.17) is 0 Å². The van der Waals surface area contributed by atoms with E-state index >= 15 is 0 Å². The molecule has 0 amide bonds. The molecule has 3 fully saturated rings. The van der Waals surface area contributed by atoms with E-state index in [1.165, 1.54) is 0 Å². The lowest BCUT2D eigenvalue weighted by Crippen LogP contribution is -2.92. The molecule has 17 heavy (non-hydrogen) atoms. The zero-order valence-electron chi connectivity index (χ0n) is 13.2. The van der Waals surface area contributed by atoms with Crippen molar-refractivity contribution in [3.05, 3.63) is 0 Å². The SMILES string of the molecule is CC1C2C3C(C)(C)C(C)(C)C3(C)C2(C)C1(C)C. The van der Waals surface area contributed by atoms with E-state index in [0.29, 0.717) is 27.1 Å². The van der Waals surface area contributed by atoms with Crippen molar-refractivity contribution in [3.8, 4) is 0 Å². The molecule has 0 aromatic heterocycles. The number of fused-ring (bicyclic) bond motifs is 4. The molecule has 0 saturated heterocycles. The lowest BCUT2D eigenvalue weighted by atomic mass is 9.08. The minimum absolute atomic E-state index is 0.479. The Kier molecular flexibility index (Phi) is 1.68.